The molecule has 0 aliphatic heterocycles. The highest BCUT2D eigenvalue weighted by Gasteiger charge is 2.16. The minimum absolute atomic E-state index is 0.0337. The van der Waals surface area contributed by atoms with Crippen molar-refractivity contribution in [2.24, 2.45) is 0 Å². The summed E-state index contributed by atoms with van der Waals surface area (Å²) in [6.45, 7) is 0. The van der Waals surface area contributed by atoms with Gasteiger partial charge in [0, 0.05) is 11.8 Å². The zero-order valence-corrected chi connectivity index (χ0v) is 10.6. The number of aromatic nitrogens is 1. The van der Waals surface area contributed by atoms with Crippen LogP contribution in [0.25, 0.3) is 0 Å². The van der Waals surface area contributed by atoms with E-state index >= 15 is 0 Å². The minimum Gasteiger partial charge on any atom is -0.384 e. The highest BCUT2D eigenvalue weighted by atomic mass is 16.6. The average Bonchev–Trinajstić information content (AvgIpc) is 2.46. The maximum absolute atomic E-state index is 10.9. The molecule has 8 nitrogen and oxygen atoms in total. The lowest BCUT2D eigenvalue weighted by atomic mass is 10.1. The predicted molar refractivity (Wildman–Crippen MR) is 74.5 cm³/mol. The number of nitrogen functional groups attached to an aromatic ring is 1. The molecule has 0 atom stereocenters. The van der Waals surface area contributed by atoms with E-state index in [-0.39, 0.29) is 28.5 Å². The molecule has 2 rings (SSSR count). The largest absolute Gasteiger partial charge is 0.384 e. The second-order valence-electron chi connectivity index (χ2n) is 3.97. The van der Waals surface area contributed by atoms with Crippen molar-refractivity contribution in [3.05, 3.63) is 51.6 Å². The van der Waals surface area contributed by atoms with Crippen LogP contribution in [0.5, 0.6) is 0 Å². The first-order valence-electron chi connectivity index (χ1n) is 5.67. The molecule has 1 aromatic carbocycles. The van der Waals surface area contributed by atoms with Gasteiger partial charge < -0.3 is 11.1 Å². The molecular weight excluding hydrogens is 272 g/mol. The standard InChI is InChI=1S/C13H8N6O2/c14-6-8-1-2-10(5-9(8)7-15)17-13-11(19(20)21)3-4-12(16)18-13/h1-5H,(H3,16,17,18). The number of anilines is 3. The summed E-state index contributed by atoms with van der Waals surface area (Å²) in [7, 11) is 0. The Morgan fingerprint density at radius 1 is 1.19 bits per heavy atom. The summed E-state index contributed by atoms with van der Waals surface area (Å²) in [4.78, 5) is 14.2. The van der Waals surface area contributed by atoms with Gasteiger partial charge in [-0.25, -0.2) is 4.98 Å². The van der Waals surface area contributed by atoms with E-state index in [1.807, 2.05) is 12.1 Å². The maximum Gasteiger partial charge on any atom is 0.311 e. The van der Waals surface area contributed by atoms with Crippen molar-refractivity contribution in [2.45, 2.75) is 0 Å². The van der Waals surface area contributed by atoms with Crippen molar-refractivity contribution in [2.75, 3.05) is 11.1 Å². The summed E-state index contributed by atoms with van der Waals surface area (Å²) in [5.74, 6) is 0.0887. The summed E-state index contributed by atoms with van der Waals surface area (Å²) in [5, 5.41) is 31.5. The first-order chi connectivity index (χ1) is 10.0. The van der Waals surface area contributed by atoms with Crippen LogP contribution in [-0.2, 0) is 0 Å². The van der Waals surface area contributed by atoms with E-state index in [9.17, 15) is 10.1 Å². The number of hydrogen-bond donors (Lipinski definition) is 2. The van der Waals surface area contributed by atoms with Crippen LogP contribution in [0.3, 0.4) is 0 Å². The smallest absolute Gasteiger partial charge is 0.311 e. The normalized spacial score (nSPS) is 9.43. The molecule has 0 saturated heterocycles. The Labute approximate surface area is 119 Å². The number of benzene rings is 1. The Kier molecular flexibility index (Phi) is 3.64. The van der Waals surface area contributed by atoms with Gasteiger partial charge in [-0.3, -0.25) is 10.1 Å². The van der Waals surface area contributed by atoms with Gasteiger partial charge in [0.2, 0.25) is 5.82 Å². The molecule has 2 aromatic rings. The third kappa shape index (κ3) is 2.85. The van der Waals surface area contributed by atoms with Gasteiger partial charge in [-0.2, -0.15) is 10.5 Å². The Morgan fingerprint density at radius 3 is 2.52 bits per heavy atom. The van der Waals surface area contributed by atoms with Crippen molar-refractivity contribution in [1.29, 1.82) is 10.5 Å². The second kappa shape index (κ2) is 5.55. The van der Waals surface area contributed by atoms with Crippen LogP contribution in [0.1, 0.15) is 11.1 Å². The first kappa shape index (κ1) is 13.8. The van der Waals surface area contributed by atoms with Crippen molar-refractivity contribution >= 4 is 23.0 Å². The molecule has 0 fully saturated rings. The van der Waals surface area contributed by atoms with E-state index in [0.29, 0.717) is 5.69 Å². The quantitative estimate of drug-likeness (QED) is 0.647. The fourth-order valence-electron chi connectivity index (χ4n) is 1.65. The molecule has 102 valence electrons. The maximum atomic E-state index is 10.9. The van der Waals surface area contributed by atoms with Gasteiger partial charge in [0.1, 0.15) is 18.0 Å². The molecule has 0 aliphatic carbocycles. The molecule has 1 heterocycles. The highest BCUT2D eigenvalue weighted by Crippen LogP contribution is 2.27. The average molecular weight is 280 g/mol. The summed E-state index contributed by atoms with van der Waals surface area (Å²) in [6.07, 6.45) is 0. The van der Waals surface area contributed by atoms with Gasteiger partial charge >= 0.3 is 5.69 Å². The molecule has 8 heteroatoms. The predicted octanol–water partition coefficient (Wildman–Crippen LogP) is 2.06. The number of nitro groups is 1. The third-order valence-electron chi connectivity index (χ3n) is 2.62. The van der Waals surface area contributed by atoms with Crippen LogP contribution >= 0.6 is 0 Å². The number of nitrogens with one attached hydrogen (secondary N) is 1. The molecule has 0 radical (unpaired) electrons. The Bertz CT molecular complexity index is 803. The van der Waals surface area contributed by atoms with Gasteiger partial charge in [0.05, 0.1) is 16.1 Å². The topological polar surface area (TPSA) is 142 Å². The molecule has 1 aromatic heterocycles. The molecule has 0 bridgehead atoms. The molecule has 0 amide bonds. The van der Waals surface area contributed by atoms with E-state index in [2.05, 4.69) is 10.3 Å². The molecular formula is C13H8N6O2. The zero-order valence-electron chi connectivity index (χ0n) is 10.6. The molecule has 21 heavy (non-hydrogen) atoms. The van der Waals surface area contributed by atoms with E-state index in [1.165, 1.54) is 30.3 Å². The summed E-state index contributed by atoms with van der Waals surface area (Å²) >= 11 is 0. The lowest BCUT2D eigenvalue weighted by Crippen LogP contribution is -2.02. The van der Waals surface area contributed by atoms with E-state index in [1.54, 1.807) is 0 Å². The van der Waals surface area contributed by atoms with Crippen LogP contribution < -0.4 is 11.1 Å². The summed E-state index contributed by atoms with van der Waals surface area (Å²) in [6, 6.07) is 10.7. The molecule has 0 unspecified atom stereocenters. The lowest BCUT2D eigenvalue weighted by Gasteiger charge is -2.07. The number of nitrogens with zero attached hydrogens (tertiary/aromatic N) is 4. The van der Waals surface area contributed by atoms with Gasteiger partial charge in [-0.15, -0.1) is 0 Å². The fourth-order valence-corrected chi connectivity index (χ4v) is 1.65. The van der Waals surface area contributed by atoms with E-state index < -0.39 is 4.92 Å². The monoisotopic (exact) mass is 280 g/mol. The Balaban J connectivity index is 2.44. The number of rotatable bonds is 3. The summed E-state index contributed by atoms with van der Waals surface area (Å²) in [5.41, 5.74) is 6.05. The van der Waals surface area contributed by atoms with Gasteiger partial charge in [-0.05, 0) is 24.3 Å². The van der Waals surface area contributed by atoms with Crippen molar-refractivity contribution in [3.8, 4) is 12.1 Å². The Morgan fingerprint density at radius 2 is 1.90 bits per heavy atom. The van der Waals surface area contributed by atoms with Crippen molar-refractivity contribution < 1.29 is 4.92 Å². The molecule has 3 N–H and O–H groups in total. The number of hydrogen-bond acceptors (Lipinski definition) is 7. The lowest BCUT2D eigenvalue weighted by molar-refractivity contribution is -0.384. The van der Waals surface area contributed by atoms with Gasteiger partial charge in [-0.1, -0.05) is 0 Å². The van der Waals surface area contributed by atoms with E-state index in [0.717, 1.165) is 0 Å². The van der Waals surface area contributed by atoms with Crippen LogP contribution in [0.15, 0.2) is 30.3 Å². The van der Waals surface area contributed by atoms with Gasteiger partial charge in [0.25, 0.3) is 0 Å². The molecule has 0 saturated carbocycles. The van der Waals surface area contributed by atoms with Crippen LogP contribution in [-0.4, -0.2) is 9.91 Å². The second-order valence-corrected chi connectivity index (χ2v) is 3.97. The van der Waals surface area contributed by atoms with Gasteiger partial charge in [0.15, 0.2) is 0 Å². The number of pyridine rings is 1. The fraction of sp³-hybridized carbons (Fsp3) is 0. The van der Waals surface area contributed by atoms with Crippen molar-refractivity contribution in [1.82, 2.24) is 4.98 Å². The first-order valence-corrected chi connectivity index (χ1v) is 5.67. The van der Waals surface area contributed by atoms with E-state index in [4.69, 9.17) is 16.3 Å². The minimum atomic E-state index is -0.594. The molecule has 0 spiro atoms. The highest BCUT2D eigenvalue weighted by molar-refractivity contribution is 5.69. The van der Waals surface area contributed by atoms with Crippen LogP contribution in [0.2, 0.25) is 0 Å². The Hall–Kier alpha value is -3.65. The summed E-state index contributed by atoms with van der Waals surface area (Å²) < 4.78 is 0. The van der Waals surface area contributed by atoms with Crippen molar-refractivity contribution in [3.63, 3.8) is 0 Å². The SMILES string of the molecule is N#Cc1ccc(Nc2nc(N)ccc2[N+](=O)[O-])cc1C#N. The number of nitriles is 2. The van der Waals surface area contributed by atoms with Crippen LogP contribution in [0.4, 0.5) is 23.0 Å². The number of nitrogens with two attached hydrogens (primary N) is 1. The van der Waals surface area contributed by atoms with Crippen LogP contribution in [0, 0.1) is 32.8 Å². The zero-order chi connectivity index (χ0) is 15.4. The third-order valence-corrected chi connectivity index (χ3v) is 2.62. The molecule has 0 aliphatic rings.